The molecule has 0 saturated heterocycles. The SMILES string of the molecule is [2H]c1c([2H])c([2H])c2c(-c3cccc(-c4c5ccccc5c(-c5cccc6oc7ccc(-c8ccccc8)cc7c56)c5ccccc45)c3)c([2H])c([2H])c([2H])c2c1[2H]. The van der Waals surface area contributed by atoms with Crippen molar-refractivity contribution in [3.8, 4) is 44.5 Å². The highest BCUT2D eigenvalue weighted by Crippen LogP contribution is 2.47. The predicted molar refractivity (Wildman–Crippen MR) is 208 cm³/mol. The van der Waals surface area contributed by atoms with Gasteiger partial charge in [0.25, 0.3) is 0 Å². The molecule has 0 aliphatic heterocycles. The fourth-order valence-electron chi connectivity index (χ4n) is 7.43. The third-order valence-electron chi connectivity index (χ3n) is 9.56. The molecular weight excluding hydrogens is 593 g/mol. The largest absolute Gasteiger partial charge is 0.456 e. The normalized spacial score (nSPS) is 13.7. The van der Waals surface area contributed by atoms with Gasteiger partial charge in [0.1, 0.15) is 11.2 Å². The monoisotopic (exact) mass is 629 g/mol. The van der Waals surface area contributed by atoms with Crippen molar-refractivity contribution in [2.24, 2.45) is 0 Å². The van der Waals surface area contributed by atoms with Crippen LogP contribution >= 0.6 is 0 Å². The average molecular weight is 630 g/mol. The summed E-state index contributed by atoms with van der Waals surface area (Å²) in [4.78, 5) is 0. The summed E-state index contributed by atoms with van der Waals surface area (Å²) in [6, 6.07) is 44.5. The van der Waals surface area contributed by atoms with E-state index in [0.29, 0.717) is 5.56 Å². The number of benzene rings is 9. The van der Waals surface area contributed by atoms with Crippen LogP contribution in [0.4, 0.5) is 0 Å². The Bertz CT molecular complexity index is 3210. The molecule has 0 atom stereocenters. The van der Waals surface area contributed by atoms with E-state index in [9.17, 15) is 0 Å². The van der Waals surface area contributed by atoms with Crippen LogP contribution in [0.3, 0.4) is 0 Å². The number of furan rings is 1. The number of rotatable bonds is 4. The second-order valence-electron chi connectivity index (χ2n) is 12.3. The van der Waals surface area contributed by atoms with Gasteiger partial charge in [0.2, 0.25) is 0 Å². The van der Waals surface area contributed by atoms with Gasteiger partial charge in [-0.25, -0.2) is 0 Å². The Kier molecular flexibility index (Phi) is 4.85. The topological polar surface area (TPSA) is 13.1 Å². The predicted octanol–water partition coefficient (Wildman–Crippen LogP) is 13.7. The highest BCUT2D eigenvalue weighted by molar-refractivity contribution is 6.26. The fourth-order valence-corrected chi connectivity index (χ4v) is 7.43. The molecule has 0 unspecified atom stereocenters. The molecule has 1 heteroatoms. The Morgan fingerprint density at radius 3 is 1.82 bits per heavy atom. The molecule has 1 nitrogen and oxygen atoms in total. The number of hydrogen-bond acceptors (Lipinski definition) is 1. The van der Waals surface area contributed by atoms with Crippen molar-refractivity contribution in [3.05, 3.63) is 182 Å². The van der Waals surface area contributed by atoms with Crippen molar-refractivity contribution in [2.75, 3.05) is 0 Å². The summed E-state index contributed by atoms with van der Waals surface area (Å²) in [5.74, 6) is 0. The minimum atomic E-state index is -0.471. The quantitative estimate of drug-likeness (QED) is 0.177. The molecule has 0 amide bonds. The van der Waals surface area contributed by atoms with Gasteiger partial charge in [-0.2, -0.15) is 0 Å². The van der Waals surface area contributed by atoms with E-state index in [2.05, 4.69) is 54.6 Å². The molecule has 9 aromatic carbocycles. The number of hydrogen-bond donors (Lipinski definition) is 0. The maximum Gasteiger partial charge on any atom is 0.136 e. The molecule has 10 aromatic rings. The summed E-state index contributed by atoms with van der Waals surface area (Å²) in [7, 11) is 0. The van der Waals surface area contributed by atoms with Crippen LogP contribution in [0.25, 0.3) is 98.8 Å². The summed E-state index contributed by atoms with van der Waals surface area (Å²) in [5, 5.41) is 6.18. The lowest BCUT2D eigenvalue weighted by molar-refractivity contribution is 0.669. The summed E-state index contributed by atoms with van der Waals surface area (Å²) in [6.07, 6.45) is 0. The minimum Gasteiger partial charge on any atom is -0.456 e. The van der Waals surface area contributed by atoms with Crippen LogP contribution in [-0.4, -0.2) is 0 Å². The van der Waals surface area contributed by atoms with Crippen LogP contribution in [0.5, 0.6) is 0 Å². The third-order valence-corrected chi connectivity index (χ3v) is 9.56. The van der Waals surface area contributed by atoms with Crippen LogP contribution in [-0.2, 0) is 0 Å². The Hall–Kier alpha value is -6.44. The molecule has 0 fully saturated rings. The lowest BCUT2D eigenvalue weighted by atomic mass is 9.84. The summed E-state index contributed by atoms with van der Waals surface area (Å²) in [6.45, 7) is 0. The summed E-state index contributed by atoms with van der Waals surface area (Å²) >= 11 is 0. The smallest absolute Gasteiger partial charge is 0.136 e. The second kappa shape index (κ2) is 11.1. The van der Waals surface area contributed by atoms with Crippen molar-refractivity contribution in [1.82, 2.24) is 0 Å². The van der Waals surface area contributed by atoms with Crippen LogP contribution in [0, 0.1) is 0 Å². The average Bonchev–Trinajstić information content (AvgIpc) is 3.62. The maximum absolute atomic E-state index is 9.01. The highest BCUT2D eigenvalue weighted by Gasteiger charge is 2.21. The number of fused-ring (bicyclic) bond motifs is 6. The molecule has 0 bridgehead atoms. The Morgan fingerprint density at radius 1 is 0.367 bits per heavy atom. The molecule has 1 heterocycles. The second-order valence-corrected chi connectivity index (χ2v) is 12.3. The molecule has 0 aliphatic rings. The van der Waals surface area contributed by atoms with E-state index in [4.69, 9.17) is 14.0 Å². The van der Waals surface area contributed by atoms with Crippen LogP contribution in [0.1, 0.15) is 9.60 Å². The molecular formula is C48H30O. The molecule has 0 saturated carbocycles. The molecule has 0 radical (unpaired) electrons. The zero-order valence-corrected chi connectivity index (χ0v) is 26.2. The van der Waals surface area contributed by atoms with Gasteiger partial charge in [-0.3, -0.25) is 0 Å². The fraction of sp³-hybridized carbons (Fsp3) is 0. The van der Waals surface area contributed by atoms with Gasteiger partial charge < -0.3 is 4.42 Å². The molecule has 0 spiro atoms. The first-order valence-corrected chi connectivity index (χ1v) is 16.3. The molecule has 10 rings (SSSR count). The summed E-state index contributed by atoms with van der Waals surface area (Å²) in [5.41, 5.74) is 8.52. The van der Waals surface area contributed by atoms with E-state index in [0.717, 1.165) is 76.9 Å². The molecule has 228 valence electrons. The van der Waals surface area contributed by atoms with Crippen LogP contribution < -0.4 is 0 Å². The minimum absolute atomic E-state index is 0.0607. The van der Waals surface area contributed by atoms with Gasteiger partial charge in [-0.1, -0.05) is 158 Å². The Labute approximate surface area is 294 Å². The van der Waals surface area contributed by atoms with E-state index in [1.807, 2.05) is 78.9 Å². The van der Waals surface area contributed by atoms with Gasteiger partial charge in [-0.05, 0) is 101 Å². The van der Waals surface area contributed by atoms with E-state index in [1.165, 1.54) is 0 Å². The van der Waals surface area contributed by atoms with Gasteiger partial charge in [-0.15, -0.1) is 0 Å². The van der Waals surface area contributed by atoms with Crippen molar-refractivity contribution in [1.29, 1.82) is 0 Å². The van der Waals surface area contributed by atoms with E-state index in [-0.39, 0.29) is 46.5 Å². The Morgan fingerprint density at radius 2 is 1.02 bits per heavy atom. The molecule has 0 aliphatic carbocycles. The van der Waals surface area contributed by atoms with Crippen molar-refractivity contribution in [2.45, 2.75) is 0 Å². The molecule has 0 N–H and O–H groups in total. The van der Waals surface area contributed by atoms with E-state index >= 15 is 0 Å². The first-order chi connectivity index (χ1) is 27.2. The van der Waals surface area contributed by atoms with Crippen molar-refractivity contribution in [3.63, 3.8) is 0 Å². The van der Waals surface area contributed by atoms with Gasteiger partial charge in [0.05, 0.1) is 9.60 Å². The maximum atomic E-state index is 9.01. The highest BCUT2D eigenvalue weighted by atomic mass is 16.3. The molecule has 49 heavy (non-hydrogen) atoms. The van der Waals surface area contributed by atoms with E-state index < -0.39 is 12.1 Å². The van der Waals surface area contributed by atoms with Gasteiger partial charge in [0.15, 0.2) is 0 Å². The van der Waals surface area contributed by atoms with Crippen molar-refractivity contribution < 1.29 is 14.0 Å². The third kappa shape index (κ3) is 4.40. The van der Waals surface area contributed by atoms with Gasteiger partial charge >= 0.3 is 0 Å². The van der Waals surface area contributed by atoms with Crippen LogP contribution in [0.15, 0.2) is 186 Å². The lowest BCUT2D eigenvalue weighted by Crippen LogP contribution is -1.92. The summed E-state index contributed by atoms with van der Waals surface area (Å²) < 4.78 is 66.9. The first-order valence-electron chi connectivity index (χ1n) is 19.8. The van der Waals surface area contributed by atoms with Gasteiger partial charge in [0, 0.05) is 10.8 Å². The standard InChI is InChI=1S/C48H30O/c1-2-13-31(14-3-1)33-27-28-44-43(30-33)48-42(25-12-26-45(48)49-44)47-40-22-8-6-20-38(40)46(39-21-7-9-23-41(39)47)35-18-10-17-34(29-35)37-24-11-16-32-15-4-5-19-36(32)37/h1-30H/i4D,5D,11D,15D,16D,19D,24D. The Balaban J connectivity index is 1.26. The van der Waals surface area contributed by atoms with Crippen LogP contribution in [0.2, 0.25) is 0 Å². The lowest BCUT2D eigenvalue weighted by Gasteiger charge is -2.19. The van der Waals surface area contributed by atoms with Crippen molar-refractivity contribution >= 4 is 54.3 Å². The zero-order valence-electron chi connectivity index (χ0n) is 33.2. The molecule has 1 aromatic heterocycles. The zero-order chi connectivity index (χ0) is 38.4. The first kappa shape index (κ1) is 21.4. The van der Waals surface area contributed by atoms with E-state index in [1.54, 1.807) is 6.07 Å².